The molecular formula is C13H10FNO3. The fourth-order valence-electron chi connectivity index (χ4n) is 1.68. The molecule has 2 rings (SSSR count). The summed E-state index contributed by atoms with van der Waals surface area (Å²) < 4.78 is 23.7. The standard InChI is InChI=1S/C13H10FNO3/c1-3-4-12(17-8(2)16)10-5-9-7-15-18-13(9)6-11(10)14/h1,5-7,12H,4H2,2H3. The van der Waals surface area contributed by atoms with E-state index in [0.717, 1.165) is 0 Å². The second-order valence-electron chi connectivity index (χ2n) is 3.74. The van der Waals surface area contributed by atoms with E-state index >= 15 is 0 Å². The smallest absolute Gasteiger partial charge is 0.303 e. The van der Waals surface area contributed by atoms with Gasteiger partial charge in [-0.3, -0.25) is 4.79 Å². The van der Waals surface area contributed by atoms with Gasteiger partial charge in [0.15, 0.2) is 5.58 Å². The second-order valence-corrected chi connectivity index (χ2v) is 3.74. The summed E-state index contributed by atoms with van der Waals surface area (Å²) in [5.41, 5.74) is 0.553. The minimum Gasteiger partial charge on any atom is -0.457 e. The Balaban J connectivity index is 2.45. The lowest BCUT2D eigenvalue weighted by molar-refractivity contribution is -0.146. The zero-order chi connectivity index (χ0) is 13.1. The number of benzene rings is 1. The Hall–Kier alpha value is -2.35. The van der Waals surface area contributed by atoms with Gasteiger partial charge in [-0.2, -0.15) is 0 Å². The van der Waals surface area contributed by atoms with E-state index in [2.05, 4.69) is 11.1 Å². The number of rotatable bonds is 3. The molecule has 1 atom stereocenters. The van der Waals surface area contributed by atoms with Crippen LogP contribution in [-0.2, 0) is 9.53 Å². The van der Waals surface area contributed by atoms with Crippen LogP contribution in [0, 0.1) is 18.2 Å². The summed E-state index contributed by atoms with van der Waals surface area (Å²) in [5.74, 6) is 1.30. The number of nitrogens with zero attached hydrogens (tertiary/aromatic N) is 1. The summed E-state index contributed by atoms with van der Waals surface area (Å²) in [6.07, 6.45) is 5.95. The average molecular weight is 247 g/mol. The van der Waals surface area contributed by atoms with Crippen molar-refractivity contribution in [1.82, 2.24) is 5.16 Å². The van der Waals surface area contributed by atoms with Gasteiger partial charge in [-0.15, -0.1) is 12.3 Å². The van der Waals surface area contributed by atoms with Gasteiger partial charge in [0.25, 0.3) is 0 Å². The highest BCUT2D eigenvalue weighted by Crippen LogP contribution is 2.28. The van der Waals surface area contributed by atoms with Crippen molar-refractivity contribution in [1.29, 1.82) is 0 Å². The molecule has 0 amide bonds. The zero-order valence-corrected chi connectivity index (χ0v) is 9.64. The highest BCUT2D eigenvalue weighted by Gasteiger charge is 2.19. The van der Waals surface area contributed by atoms with Crippen LogP contribution < -0.4 is 0 Å². The van der Waals surface area contributed by atoms with Gasteiger partial charge in [0, 0.05) is 23.9 Å². The van der Waals surface area contributed by atoms with Gasteiger partial charge < -0.3 is 9.26 Å². The molecule has 0 N–H and O–H groups in total. The molecule has 0 aliphatic heterocycles. The summed E-state index contributed by atoms with van der Waals surface area (Å²) in [7, 11) is 0. The third kappa shape index (κ3) is 2.33. The Morgan fingerprint density at radius 2 is 2.44 bits per heavy atom. The quantitative estimate of drug-likeness (QED) is 0.618. The van der Waals surface area contributed by atoms with E-state index in [1.165, 1.54) is 25.3 Å². The van der Waals surface area contributed by atoms with Gasteiger partial charge in [0.05, 0.1) is 12.6 Å². The van der Waals surface area contributed by atoms with E-state index in [-0.39, 0.29) is 12.0 Å². The van der Waals surface area contributed by atoms with Crippen LogP contribution >= 0.6 is 0 Å². The lowest BCUT2D eigenvalue weighted by atomic mass is 10.0. The predicted molar refractivity (Wildman–Crippen MR) is 61.9 cm³/mol. The molecule has 92 valence electrons. The molecule has 4 nitrogen and oxygen atoms in total. The van der Waals surface area contributed by atoms with Gasteiger partial charge in [0.2, 0.25) is 0 Å². The molecule has 0 radical (unpaired) electrons. The Kier molecular flexibility index (Phi) is 3.28. The molecule has 0 aliphatic rings. The van der Waals surface area contributed by atoms with Crippen molar-refractivity contribution in [3.8, 4) is 12.3 Å². The SMILES string of the molecule is C#CCC(OC(C)=O)c1cc2cnoc2cc1F. The van der Waals surface area contributed by atoms with Crippen LogP contribution in [0.3, 0.4) is 0 Å². The number of ether oxygens (including phenoxy) is 1. The summed E-state index contributed by atoms with van der Waals surface area (Å²) in [6.45, 7) is 1.25. The van der Waals surface area contributed by atoms with Gasteiger partial charge in [-0.1, -0.05) is 5.16 Å². The number of esters is 1. The van der Waals surface area contributed by atoms with Crippen molar-refractivity contribution >= 4 is 16.9 Å². The monoisotopic (exact) mass is 247 g/mol. The van der Waals surface area contributed by atoms with E-state index in [1.807, 2.05) is 0 Å². The van der Waals surface area contributed by atoms with E-state index in [9.17, 15) is 9.18 Å². The Morgan fingerprint density at radius 3 is 3.11 bits per heavy atom. The zero-order valence-electron chi connectivity index (χ0n) is 9.64. The summed E-state index contributed by atoms with van der Waals surface area (Å²) in [5, 5.41) is 4.19. The topological polar surface area (TPSA) is 52.3 Å². The third-order valence-electron chi connectivity index (χ3n) is 2.43. The molecule has 1 aromatic heterocycles. The fourth-order valence-corrected chi connectivity index (χ4v) is 1.68. The normalized spacial score (nSPS) is 12.1. The minimum absolute atomic E-state index is 0.104. The predicted octanol–water partition coefficient (Wildman–Crippen LogP) is 2.59. The summed E-state index contributed by atoms with van der Waals surface area (Å²) in [6, 6.07) is 2.72. The van der Waals surface area contributed by atoms with Crippen LogP contribution in [0.5, 0.6) is 0 Å². The van der Waals surface area contributed by atoms with Crippen molar-refractivity contribution in [2.75, 3.05) is 0 Å². The van der Waals surface area contributed by atoms with Crippen LogP contribution in [0.4, 0.5) is 4.39 Å². The molecule has 0 saturated carbocycles. The number of carbonyl (C=O) groups excluding carboxylic acids is 1. The number of hydrogen-bond acceptors (Lipinski definition) is 4. The van der Waals surface area contributed by atoms with E-state index < -0.39 is 17.9 Å². The third-order valence-corrected chi connectivity index (χ3v) is 2.43. The maximum absolute atomic E-state index is 13.9. The Labute approximate surface area is 103 Å². The first-order valence-electron chi connectivity index (χ1n) is 5.26. The molecule has 5 heteroatoms. The van der Waals surface area contributed by atoms with Crippen molar-refractivity contribution in [2.45, 2.75) is 19.4 Å². The van der Waals surface area contributed by atoms with Crippen molar-refractivity contribution in [3.63, 3.8) is 0 Å². The fraction of sp³-hybridized carbons (Fsp3) is 0.231. The van der Waals surface area contributed by atoms with E-state index in [1.54, 1.807) is 0 Å². The number of fused-ring (bicyclic) bond motifs is 1. The van der Waals surface area contributed by atoms with Crippen LogP contribution in [0.25, 0.3) is 11.0 Å². The number of hydrogen-bond donors (Lipinski definition) is 0. The van der Waals surface area contributed by atoms with E-state index in [4.69, 9.17) is 15.7 Å². The first-order valence-corrected chi connectivity index (χ1v) is 5.26. The average Bonchev–Trinajstić information content (AvgIpc) is 2.73. The van der Waals surface area contributed by atoms with Crippen LogP contribution in [-0.4, -0.2) is 11.1 Å². The van der Waals surface area contributed by atoms with Crippen molar-refractivity contribution in [2.24, 2.45) is 0 Å². The maximum Gasteiger partial charge on any atom is 0.303 e. The molecule has 0 bridgehead atoms. The molecular weight excluding hydrogens is 237 g/mol. The second kappa shape index (κ2) is 4.88. The van der Waals surface area contributed by atoms with Gasteiger partial charge in [-0.25, -0.2) is 4.39 Å². The molecule has 0 aliphatic carbocycles. The molecule has 2 aromatic rings. The van der Waals surface area contributed by atoms with Gasteiger partial charge in [-0.05, 0) is 6.07 Å². The number of terminal acetylenes is 1. The lowest BCUT2D eigenvalue weighted by Crippen LogP contribution is -2.09. The number of halogens is 1. The maximum atomic E-state index is 13.9. The molecule has 0 fully saturated rings. The molecule has 0 spiro atoms. The van der Waals surface area contributed by atoms with Crippen LogP contribution in [0.2, 0.25) is 0 Å². The summed E-state index contributed by atoms with van der Waals surface area (Å²) >= 11 is 0. The van der Waals surface area contributed by atoms with Crippen LogP contribution in [0.15, 0.2) is 22.9 Å². The van der Waals surface area contributed by atoms with Crippen molar-refractivity contribution < 1.29 is 18.4 Å². The highest BCUT2D eigenvalue weighted by molar-refractivity contribution is 5.77. The molecule has 18 heavy (non-hydrogen) atoms. The van der Waals surface area contributed by atoms with Crippen molar-refractivity contribution in [3.05, 3.63) is 29.7 Å². The highest BCUT2D eigenvalue weighted by atomic mass is 19.1. The lowest BCUT2D eigenvalue weighted by Gasteiger charge is -2.15. The number of carbonyl (C=O) groups is 1. The Bertz CT molecular complexity index is 627. The molecule has 1 aromatic carbocycles. The van der Waals surface area contributed by atoms with Gasteiger partial charge in [0.1, 0.15) is 11.9 Å². The molecule has 1 unspecified atom stereocenters. The summed E-state index contributed by atoms with van der Waals surface area (Å²) in [4.78, 5) is 11.0. The number of aromatic nitrogens is 1. The molecule has 0 saturated heterocycles. The minimum atomic E-state index is -0.799. The Morgan fingerprint density at radius 1 is 1.67 bits per heavy atom. The van der Waals surface area contributed by atoms with Gasteiger partial charge >= 0.3 is 5.97 Å². The van der Waals surface area contributed by atoms with Crippen LogP contribution in [0.1, 0.15) is 25.0 Å². The molecule has 1 heterocycles. The first kappa shape index (κ1) is 12.1. The van der Waals surface area contributed by atoms with E-state index in [0.29, 0.717) is 11.0 Å². The first-order chi connectivity index (χ1) is 8.61. The largest absolute Gasteiger partial charge is 0.457 e.